The fourth-order valence-electron chi connectivity index (χ4n) is 3.98. The quantitative estimate of drug-likeness (QED) is 0.180. The Morgan fingerprint density at radius 1 is 1.03 bits per heavy atom. The van der Waals surface area contributed by atoms with E-state index < -0.39 is 5.97 Å². The van der Waals surface area contributed by atoms with E-state index in [4.69, 9.17) is 9.73 Å². The monoisotopic (exact) mass is 484 g/mol. The van der Waals surface area contributed by atoms with E-state index in [2.05, 4.69) is 10.4 Å². The molecule has 0 fully saturated rings. The second-order valence-corrected chi connectivity index (χ2v) is 8.18. The summed E-state index contributed by atoms with van der Waals surface area (Å²) in [6.45, 7) is 3.82. The molecule has 0 aliphatic heterocycles. The number of aliphatic imine (C=N–C) groups is 1. The maximum absolute atomic E-state index is 12.2. The van der Waals surface area contributed by atoms with Crippen molar-refractivity contribution in [1.29, 1.82) is 0 Å². The van der Waals surface area contributed by atoms with Gasteiger partial charge in [0.1, 0.15) is 0 Å². The third-order valence-corrected chi connectivity index (χ3v) is 5.63. The molecule has 0 amide bonds. The van der Waals surface area contributed by atoms with Gasteiger partial charge in [-0.1, -0.05) is 36.4 Å². The van der Waals surface area contributed by atoms with E-state index in [1.54, 1.807) is 44.1 Å². The molecule has 1 heterocycles. The van der Waals surface area contributed by atoms with Crippen molar-refractivity contribution >= 4 is 39.7 Å². The van der Waals surface area contributed by atoms with Gasteiger partial charge < -0.3 is 19.8 Å². The van der Waals surface area contributed by atoms with Crippen LogP contribution in [0.4, 0.5) is 11.4 Å². The van der Waals surface area contributed by atoms with Crippen LogP contribution in [0, 0.1) is 0 Å². The fourth-order valence-corrected chi connectivity index (χ4v) is 3.98. The van der Waals surface area contributed by atoms with Crippen LogP contribution >= 0.6 is 0 Å². The first-order chi connectivity index (χ1) is 17.4. The molecule has 0 spiro atoms. The number of fused-ring (bicyclic) bond motifs is 1. The van der Waals surface area contributed by atoms with Gasteiger partial charge >= 0.3 is 5.97 Å². The van der Waals surface area contributed by atoms with E-state index >= 15 is 0 Å². The van der Waals surface area contributed by atoms with Crippen molar-refractivity contribution in [2.45, 2.75) is 13.8 Å². The number of ketones is 1. The summed E-state index contributed by atoms with van der Waals surface area (Å²) in [4.78, 5) is 31.6. The number of ether oxygens (including phenoxy) is 1. The number of aromatic hydroxyl groups is 1. The summed E-state index contributed by atoms with van der Waals surface area (Å²) in [5, 5.41) is 13.4. The molecule has 4 aromatic rings. The second-order valence-electron chi connectivity index (χ2n) is 8.18. The molecule has 3 N–H and O–H groups in total. The highest BCUT2D eigenvalue weighted by Crippen LogP contribution is 2.32. The van der Waals surface area contributed by atoms with Gasteiger partial charge in [-0.15, -0.1) is 0 Å². The average Bonchev–Trinajstić information content (AvgIpc) is 3.21. The molecule has 0 saturated carbocycles. The number of anilines is 1. The Hall–Kier alpha value is -4.43. The summed E-state index contributed by atoms with van der Waals surface area (Å²) in [5.41, 5.74) is 7.43. The normalized spacial score (nSPS) is 11.5. The predicted octanol–water partition coefficient (Wildman–Crippen LogP) is 4.75. The first-order valence-corrected chi connectivity index (χ1v) is 11.6. The molecular formula is C28H28N4O4. The number of aromatic nitrogens is 1. The van der Waals surface area contributed by atoms with Gasteiger partial charge in [0.2, 0.25) is 0 Å². The van der Waals surface area contributed by atoms with Crippen LogP contribution in [0.2, 0.25) is 0 Å². The van der Waals surface area contributed by atoms with Crippen molar-refractivity contribution < 1.29 is 19.4 Å². The number of Topliss-reactive ketones (excluding diaryl/α,β-unsaturated/α-hetero) is 1. The zero-order valence-corrected chi connectivity index (χ0v) is 20.4. The van der Waals surface area contributed by atoms with E-state index in [1.165, 1.54) is 0 Å². The first kappa shape index (κ1) is 24.7. The lowest BCUT2D eigenvalue weighted by atomic mass is 10.00. The molecule has 4 rings (SSSR count). The second kappa shape index (κ2) is 10.9. The zero-order valence-electron chi connectivity index (χ0n) is 20.4. The highest BCUT2D eigenvalue weighted by Gasteiger charge is 2.20. The third kappa shape index (κ3) is 5.29. The zero-order chi connectivity index (χ0) is 25.7. The van der Waals surface area contributed by atoms with Crippen molar-refractivity contribution in [3.63, 3.8) is 0 Å². The Bertz CT molecular complexity index is 1410. The maximum Gasteiger partial charge on any atom is 0.338 e. The number of esters is 1. The van der Waals surface area contributed by atoms with E-state index in [0.717, 1.165) is 16.6 Å². The summed E-state index contributed by atoms with van der Waals surface area (Å²) in [6.07, 6.45) is 0. The number of nitrogens with one attached hydrogen (secondary N) is 2. The predicted molar refractivity (Wildman–Crippen MR) is 141 cm³/mol. The van der Waals surface area contributed by atoms with Gasteiger partial charge in [-0.25, -0.2) is 15.2 Å². The number of hydrogen-bond donors (Lipinski definition) is 3. The van der Waals surface area contributed by atoms with E-state index in [9.17, 15) is 14.7 Å². The molecule has 8 nitrogen and oxygen atoms in total. The molecule has 36 heavy (non-hydrogen) atoms. The Morgan fingerprint density at radius 3 is 2.39 bits per heavy atom. The number of carbonyl (C=O) groups excluding carboxylic acids is 2. The van der Waals surface area contributed by atoms with Gasteiger partial charge in [-0.05, 0) is 50.2 Å². The lowest BCUT2D eigenvalue weighted by molar-refractivity contribution is -0.115. The molecule has 0 atom stereocenters. The van der Waals surface area contributed by atoms with Crippen LogP contribution in [-0.2, 0) is 9.53 Å². The van der Waals surface area contributed by atoms with Crippen LogP contribution in [0.3, 0.4) is 0 Å². The number of hydrazine groups is 1. The summed E-state index contributed by atoms with van der Waals surface area (Å²) < 4.78 is 5.10. The number of nitrogens with zero attached hydrogens (tertiary/aromatic N) is 2. The van der Waals surface area contributed by atoms with Crippen molar-refractivity contribution in [3.05, 3.63) is 89.5 Å². The van der Waals surface area contributed by atoms with Crippen molar-refractivity contribution in [1.82, 2.24) is 10.4 Å². The Kier molecular flexibility index (Phi) is 7.46. The number of rotatable bonds is 9. The van der Waals surface area contributed by atoms with Crippen LogP contribution in [0.25, 0.3) is 10.9 Å². The summed E-state index contributed by atoms with van der Waals surface area (Å²) in [6, 6.07) is 22.2. The highest BCUT2D eigenvalue weighted by molar-refractivity contribution is 6.22. The van der Waals surface area contributed by atoms with E-state index in [0.29, 0.717) is 28.0 Å². The molecule has 0 aliphatic carbocycles. The highest BCUT2D eigenvalue weighted by atomic mass is 16.5. The van der Waals surface area contributed by atoms with Crippen LogP contribution < -0.4 is 10.4 Å². The Morgan fingerprint density at radius 2 is 1.75 bits per heavy atom. The average molecular weight is 485 g/mol. The maximum atomic E-state index is 12.2. The van der Waals surface area contributed by atoms with E-state index in [1.807, 2.05) is 54.6 Å². The molecule has 0 unspecified atom stereocenters. The summed E-state index contributed by atoms with van der Waals surface area (Å²) >= 11 is 0. The Balaban J connectivity index is 1.79. The molecule has 8 heteroatoms. The molecule has 0 aliphatic rings. The minimum atomic E-state index is -0.424. The first-order valence-electron chi connectivity index (χ1n) is 11.6. The van der Waals surface area contributed by atoms with E-state index in [-0.39, 0.29) is 24.8 Å². The van der Waals surface area contributed by atoms with Gasteiger partial charge in [0.25, 0.3) is 0 Å². The lowest BCUT2D eigenvalue weighted by Gasteiger charge is -2.22. The van der Waals surface area contributed by atoms with Crippen molar-refractivity contribution in [2.24, 2.45) is 4.99 Å². The Labute approximate surface area is 209 Å². The number of H-pyrrole nitrogens is 1. The molecule has 0 saturated heterocycles. The number of carbonyl (C=O) groups is 2. The standard InChI is InChI=1S/C28H28N4O4/c1-4-36-28(35)20-10-15-23-24(16-20)31-27(34)25(23)26(19-8-6-5-7-9-19)30-21-11-13-22(14-12-21)32(29-3)17-18(2)33/h5-16,29,31,34H,4,17H2,1-3H3. The van der Waals surface area contributed by atoms with Crippen molar-refractivity contribution in [2.75, 3.05) is 25.2 Å². The van der Waals surface area contributed by atoms with Gasteiger partial charge in [0.15, 0.2) is 11.7 Å². The van der Waals surface area contributed by atoms with Crippen LogP contribution in [-0.4, -0.2) is 47.8 Å². The molecule has 0 bridgehead atoms. The van der Waals surface area contributed by atoms with Crippen LogP contribution in [0.5, 0.6) is 5.88 Å². The van der Waals surface area contributed by atoms with Gasteiger partial charge in [-0.2, -0.15) is 0 Å². The van der Waals surface area contributed by atoms with Gasteiger partial charge in [0, 0.05) is 23.5 Å². The fraction of sp³-hybridized carbons (Fsp3) is 0.179. The molecular weight excluding hydrogens is 456 g/mol. The smallest absolute Gasteiger partial charge is 0.338 e. The van der Waals surface area contributed by atoms with Crippen molar-refractivity contribution in [3.8, 4) is 5.88 Å². The largest absolute Gasteiger partial charge is 0.494 e. The molecule has 0 radical (unpaired) electrons. The summed E-state index contributed by atoms with van der Waals surface area (Å²) in [5.74, 6) is -0.431. The van der Waals surface area contributed by atoms with Gasteiger partial charge in [-0.3, -0.25) is 4.79 Å². The molecule has 184 valence electrons. The minimum Gasteiger partial charge on any atom is -0.494 e. The van der Waals surface area contributed by atoms with Crippen LogP contribution in [0.1, 0.15) is 35.3 Å². The minimum absolute atomic E-state index is 0.0405. The topological polar surface area (TPSA) is 107 Å². The number of aromatic amines is 1. The number of hydrogen-bond acceptors (Lipinski definition) is 7. The van der Waals surface area contributed by atoms with Gasteiger partial charge in [0.05, 0.1) is 41.4 Å². The van der Waals surface area contributed by atoms with Crippen LogP contribution in [0.15, 0.2) is 77.8 Å². The summed E-state index contributed by atoms with van der Waals surface area (Å²) in [7, 11) is 1.76. The lowest BCUT2D eigenvalue weighted by Crippen LogP contribution is -2.38. The third-order valence-electron chi connectivity index (χ3n) is 5.63. The molecule has 1 aromatic heterocycles. The number of benzene rings is 3. The molecule has 3 aromatic carbocycles. The SMILES string of the molecule is CCOC(=O)c1ccc2c(C(=Nc3ccc(N(CC(C)=O)NC)cc3)c3ccccc3)c(O)[nH]c2c1.